The predicted molar refractivity (Wildman–Crippen MR) is 70.1 cm³/mol. The molecule has 0 aliphatic rings. The zero-order chi connectivity index (χ0) is 12.4. The van der Waals surface area contributed by atoms with Crippen LogP contribution in [0.5, 0.6) is 0 Å². The summed E-state index contributed by atoms with van der Waals surface area (Å²) in [6.07, 6.45) is 0. The molecule has 0 atom stereocenters. The number of nitrogens with two attached hydrogens (primary N) is 2. The smallest absolute Gasteiger partial charge is 0.267 e. The van der Waals surface area contributed by atoms with Crippen molar-refractivity contribution < 1.29 is 4.79 Å². The van der Waals surface area contributed by atoms with E-state index in [2.05, 4.69) is 10.3 Å². The number of nitrogens with zero attached hydrogens (tertiary/aromatic N) is 1. The second-order valence-electron chi connectivity index (χ2n) is 3.55. The first-order valence-corrected chi connectivity index (χ1v) is 5.77. The van der Waals surface area contributed by atoms with E-state index in [4.69, 9.17) is 11.5 Å². The summed E-state index contributed by atoms with van der Waals surface area (Å²) in [5.74, 6) is -0.220. The normalized spacial score (nSPS) is 10.2. The maximum atomic E-state index is 11.9. The summed E-state index contributed by atoms with van der Waals surface area (Å²) >= 11 is 1.17. The lowest BCUT2D eigenvalue weighted by molar-refractivity contribution is 0.103. The Hall–Kier alpha value is -2.08. The monoisotopic (exact) mass is 248 g/mol. The third kappa shape index (κ3) is 2.54. The number of anilines is 3. The molecule has 0 aliphatic carbocycles. The molecule has 1 amide bonds. The van der Waals surface area contributed by atoms with Crippen molar-refractivity contribution in [1.29, 1.82) is 0 Å². The lowest BCUT2D eigenvalue weighted by Crippen LogP contribution is -2.11. The molecule has 0 unspecified atom stereocenters. The third-order valence-corrected chi connectivity index (χ3v) is 3.15. The minimum atomic E-state index is -0.220. The van der Waals surface area contributed by atoms with Gasteiger partial charge in [-0.25, -0.2) is 4.98 Å². The molecular weight excluding hydrogens is 236 g/mol. The van der Waals surface area contributed by atoms with Crippen LogP contribution in [0.25, 0.3) is 0 Å². The molecule has 6 heteroatoms. The number of aromatic nitrogens is 1. The highest BCUT2D eigenvalue weighted by atomic mass is 32.1. The molecule has 0 bridgehead atoms. The van der Waals surface area contributed by atoms with Crippen molar-refractivity contribution in [3.8, 4) is 0 Å². The van der Waals surface area contributed by atoms with Crippen molar-refractivity contribution in [3.63, 3.8) is 0 Å². The fourth-order valence-corrected chi connectivity index (χ4v) is 2.16. The highest BCUT2D eigenvalue weighted by Gasteiger charge is 2.14. The van der Waals surface area contributed by atoms with Gasteiger partial charge in [0.15, 0.2) is 5.13 Å². The second-order valence-corrected chi connectivity index (χ2v) is 4.58. The van der Waals surface area contributed by atoms with Crippen LogP contribution in [0.2, 0.25) is 0 Å². The van der Waals surface area contributed by atoms with Gasteiger partial charge in [0, 0.05) is 11.4 Å². The second kappa shape index (κ2) is 4.42. The van der Waals surface area contributed by atoms with Crippen molar-refractivity contribution in [2.75, 3.05) is 16.8 Å². The molecule has 0 saturated carbocycles. The van der Waals surface area contributed by atoms with E-state index in [1.165, 1.54) is 11.3 Å². The van der Waals surface area contributed by atoms with Crippen LogP contribution in [-0.4, -0.2) is 10.9 Å². The number of benzene rings is 1. The summed E-state index contributed by atoms with van der Waals surface area (Å²) in [7, 11) is 0. The summed E-state index contributed by atoms with van der Waals surface area (Å²) in [6, 6.07) is 7.00. The van der Waals surface area contributed by atoms with Gasteiger partial charge in [0.1, 0.15) is 4.88 Å². The standard InChI is InChI=1S/C11H12N4OS/c1-6-9(17-11(13)14-6)10(16)15-8-4-2-3-7(12)5-8/h2-5H,12H2,1H3,(H2,13,14)(H,15,16). The van der Waals surface area contributed by atoms with E-state index in [-0.39, 0.29) is 5.91 Å². The van der Waals surface area contributed by atoms with Crippen molar-refractivity contribution in [2.45, 2.75) is 6.92 Å². The van der Waals surface area contributed by atoms with Gasteiger partial charge in [0.2, 0.25) is 0 Å². The Bertz CT molecular complexity index is 564. The van der Waals surface area contributed by atoms with Gasteiger partial charge in [0.25, 0.3) is 5.91 Å². The lowest BCUT2D eigenvalue weighted by Gasteiger charge is -2.04. The van der Waals surface area contributed by atoms with Crippen molar-refractivity contribution in [3.05, 3.63) is 34.8 Å². The van der Waals surface area contributed by atoms with Crippen LogP contribution < -0.4 is 16.8 Å². The Morgan fingerprint density at radius 2 is 2.18 bits per heavy atom. The summed E-state index contributed by atoms with van der Waals surface area (Å²) in [6.45, 7) is 1.75. The van der Waals surface area contributed by atoms with E-state index in [0.717, 1.165) is 0 Å². The molecular formula is C11H12N4OS. The molecule has 5 N–H and O–H groups in total. The summed E-state index contributed by atoms with van der Waals surface area (Å²) in [5.41, 5.74) is 13.1. The van der Waals surface area contributed by atoms with Gasteiger partial charge in [0.05, 0.1) is 5.69 Å². The molecule has 0 radical (unpaired) electrons. The molecule has 0 aliphatic heterocycles. The number of carbonyl (C=O) groups is 1. The number of hydrogen-bond donors (Lipinski definition) is 3. The first-order valence-electron chi connectivity index (χ1n) is 4.96. The Labute approximate surface area is 102 Å². The number of hydrogen-bond acceptors (Lipinski definition) is 5. The number of rotatable bonds is 2. The van der Waals surface area contributed by atoms with Gasteiger partial charge >= 0.3 is 0 Å². The number of nitrogens with one attached hydrogen (secondary N) is 1. The van der Waals surface area contributed by atoms with Crippen LogP contribution in [0.4, 0.5) is 16.5 Å². The van der Waals surface area contributed by atoms with E-state index < -0.39 is 0 Å². The SMILES string of the molecule is Cc1nc(N)sc1C(=O)Nc1cccc(N)c1. The lowest BCUT2D eigenvalue weighted by atomic mass is 10.2. The topological polar surface area (TPSA) is 94.0 Å². The third-order valence-electron chi connectivity index (χ3n) is 2.16. The minimum Gasteiger partial charge on any atom is -0.399 e. The average molecular weight is 248 g/mol. The van der Waals surface area contributed by atoms with Gasteiger partial charge in [-0.15, -0.1) is 0 Å². The van der Waals surface area contributed by atoms with E-state index in [9.17, 15) is 4.79 Å². The molecule has 2 rings (SSSR count). The van der Waals surface area contributed by atoms with Gasteiger partial charge < -0.3 is 16.8 Å². The van der Waals surface area contributed by atoms with Crippen LogP contribution in [-0.2, 0) is 0 Å². The molecule has 0 saturated heterocycles. The zero-order valence-electron chi connectivity index (χ0n) is 9.23. The fourth-order valence-electron chi connectivity index (χ4n) is 1.43. The molecule has 0 spiro atoms. The molecule has 0 fully saturated rings. The van der Waals surface area contributed by atoms with Gasteiger partial charge in [-0.3, -0.25) is 4.79 Å². The number of aryl methyl sites for hydroxylation is 1. The van der Waals surface area contributed by atoms with Gasteiger partial charge in [-0.1, -0.05) is 17.4 Å². The quantitative estimate of drug-likeness (QED) is 0.707. The van der Waals surface area contributed by atoms with Crippen LogP contribution in [0.3, 0.4) is 0 Å². The van der Waals surface area contributed by atoms with Crippen LogP contribution in [0.1, 0.15) is 15.4 Å². The first kappa shape index (κ1) is 11.4. The fraction of sp³-hybridized carbons (Fsp3) is 0.0909. The number of carbonyl (C=O) groups excluding carboxylic acids is 1. The summed E-state index contributed by atoms with van der Waals surface area (Å²) in [4.78, 5) is 16.4. The van der Waals surface area contributed by atoms with Crippen molar-refractivity contribution >= 4 is 33.8 Å². The molecule has 5 nitrogen and oxygen atoms in total. The van der Waals surface area contributed by atoms with E-state index in [1.54, 1.807) is 31.2 Å². The molecule has 88 valence electrons. The summed E-state index contributed by atoms with van der Waals surface area (Å²) < 4.78 is 0. The Kier molecular flexibility index (Phi) is 2.97. The number of amides is 1. The summed E-state index contributed by atoms with van der Waals surface area (Å²) in [5, 5.41) is 3.14. The highest BCUT2D eigenvalue weighted by molar-refractivity contribution is 7.17. The molecule has 1 heterocycles. The maximum absolute atomic E-state index is 11.9. The Morgan fingerprint density at radius 1 is 1.41 bits per heavy atom. The molecule has 17 heavy (non-hydrogen) atoms. The Morgan fingerprint density at radius 3 is 2.76 bits per heavy atom. The maximum Gasteiger partial charge on any atom is 0.267 e. The average Bonchev–Trinajstić information content (AvgIpc) is 2.58. The Balaban J connectivity index is 2.20. The van der Waals surface area contributed by atoms with E-state index >= 15 is 0 Å². The first-order chi connectivity index (χ1) is 8.06. The van der Waals surface area contributed by atoms with E-state index in [1.807, 2.05) is 0 Å². The molecule has 1 aromatic carbocycles. The number of thiazole rings is 1. The van der Waals surface area contributed by atoms with Crippen LogP contribution in [0.15, 0.2) is 24.3 Å². The predicted octanol–water partition coefficient (Wildman–Crippen LogP) is 1.87. The van der Waals surface area contributed by atoms with Gasteiger partial charge in [-0.2, -0.15) is 0 Å². The molecule has 1 aromatic heterocycles. The van der Waals surface area contributed by atoms with Crippen LogP contribution in [0, 0.1) is 6.92 Å². The zero-order valence-corrected chi connectivity index (χ0v) is 10.0. The van der Waals surface area contributed by atoms with Gasteiger partial charge in [-0.05, 0) is 25.1 Å². The minimum absolute atomic E-state index is 0.220. The largest absolute Gasteiger partial charge is 0.399 e. The highest BCUT2D eigenvalue weighted by Crippen LogP contribution is 2.21. The van der Waals surface area contributed by atoms with Crippen molar-refractivity contribution in [2.24, 2.45) is 0 Å². The number of nitrogen functional groups attached to an aromatic ring is 2. The van der Waals surface area contributed by atoms with E-state index in [0.29, 0.717) is 27.1 Å². The van der Waals surface area contributed by atoms with Crippen molar-refractivity contribution in [1.82, 2.24) is 4.98 Å². The molecule has 2 aromatic rings. The van der Waals surface area contributed by atoms with Crippen LogP contribution >= 0.6 is 11.3 Å².